The van der Waals surface area contributed by atoms with Gasteiger partial charge >= 0.3 is 6.18 Å². The number of ether oxygens (including phenoxy) is 5. The summed E-state index contributed by atoms with van der Waals surface area (Å²) in [7, 11) is 0. The van der Waals surface area contributed by atoms with E-state index in [1.807, 2.05) is 12.2 Å². The molecule has 2 saturated heterocycles. The molecule has 38 heavy (non-hydrogen) atoms. The predicted molar refractivity (Wildman–Crippen MR) is 135 cm³/mol. The molecular formula is C29H39F3O6. The van der Waals surface area contributed by atoms with Crippen LogP contribution in [0.5, 0.6) is 5.75 Å². The molecule has 3 fully saturated rings. The molecule has 1 N–H and O–H groups in total. The van der Waals surface area contributed by atoms with Crippen LogP contribution in [0.25, 0.3) is 0 Å². The minimum absolute atomic E-state index is 0.0102. The number of allylic oxidation sites excluding steroid dienone is 1. The van der Waals surface area contributed by atoms with Gasteiger partial charge < -0.3 is 28.8 Å². The van der Waals surface area contributed by atoms with Crippen molar-refractivity contribution in [3.63, 3.8) is 0 Å². The molecule has 0 radical (unpaired) electrons. The molecule has 6 nitrogen and oxygen atoms in total. The van der Waals surface area contributed by atoms with Gasteiger partial charge in [-0.05, 0) is 69.1 Å². The molecule has 7 atom stereocenters. The van der Waals surface area contributed by atoms with Gasteiger partial charge in [-0.25, -0.2) is 0 Å². The molecule has 0 bridgehead atoms. The highest BCUT2D eigenvalue weighted by Gasteiger charge is 2.42. The molecule has 0 spiro atoms. The number of halogens is 3. The third-order valence-electron chi connectivity index (χ3n) is 7.38. The van der Waals surface area contributed by atoms with Crippen molar-refractivity contribution >= 4 is 0 Å². The van der Waals surface area contributed by atoms with Crippen LogP contribution >= 0.6 is 0 Å². The average Bonchev–Trinajstić information content (AvgIpc) is 3.20. The van der Waals surface area contributed by atoms with E-state index in [9.17, 15) is 18.3 Å². The summed E-state index contributed by atoms with van der Waals surface area (Å²) in [6, 6.07) is 4.81. The number of benzene rings is 1. The largest absolute Gasteiger partial charge is 0.491 e. The first-order valence-corrected chi connectivity index (χ1v) is 13.6. The number of aliphatic hydroxyl groups is 1. The van der Waals surface area contributed by atoms with Crippen LogP contribution in [0.1, 0.15) is 56.9 Å². The van der Waals surface area contributed by atoms with E-state index in [2.05, 4.69) is 6.58 Å². The van der Waals surface area contributed by atoms with Gasteiger partial charge in [0.25, 0.3) is 0 Å². The van der Waals surface area contributed by atoms with Crippen LogP contribution in [0.4, 0.5) is 13.2 Å². The van der Waals surface area contributed by atoms with Gasteiger partial charge in [-0.1, -0.05) is 24.3 Å². The van der Waals surface area contributed by atoms with Gasteiger partial charge in [0, 0.05) is 25.6 Å². The molecule has 1 aliphatic carbocycles. The molecule has 2 aliphatic heterocycles. The van der Waals surface area contributed by atoms with Crippen molar-refractivity contribution in [1.29, 1.82) is 0 Å². The fourth-order valence-corrected chi connectivity index (χ4v) is 5.38. The van der Waals surface area contributed by atoms with Crippen LogP contribution in [0.2, 0.25) is 0 Å². The van der Waals surface area contributed by atoms with Gasteiger partial charge in [0.15, 0.2) is 12.6 Å². The van der Waals surface area contributed by atoms with Crippen molar-refractivity contribution < 1.29 is 42.0 Å². The fourth-order valence-electron chi connectivity index (χ4n) is 5.38. The highest BCUT2D eigenvalue weighted by atomic mass is 19.4. The number of aliphatic hydroxyl groups excluding tert-OH is 1. The Morgan fingerprint density at radius 1 is 1.08 bits per heavy atom. The lowest BCUT2D eigenvalue weighted by Crippen LogP contribution is -2.32. The maximum absolute atomic E-state index is 13.1. The van der Waals surface area contributed by atoms with Crippen LogP contribution < -0.4 is 4.74 Å². The van der Waals surface area contributed by atoms with Crippen LogP contribution in [-0.4, -0.2) is 55.8 Å². The molecule has 1 aromatic rings. The molecular weight excluding hydrogens is 501 g/mol. The van der Waals surface area contributed by atoms with E-state index in [4.69, 9.17) is 23.7 Å². The molecule has 1 aromatic carbocycles. The van der Waals surface area contributed by atoms with E-state index in [0.717, 1.165) is 50.7 Å². The molecule has 1 saturated carbocycles. The first-order valence-electron chi connectivity index (χ1n) is 13.6. The zero-order valence-electron chi connectivity index (χ0n) is 21.7. The summed E-state index contributed by atoms with van der Waals surface area (Å²) in [4.78, 5) is 0. The molecule has 9 heteroatoms. The van der Waals surface area contributed by atoms with Gasteiger partial charge in [-0.2, -0.15) is 13.2 Å². The normalized spacial score (nSPS) is 31.4. The third-order valence-corrected chi connectivity index (χ3v) is 7.38. The third kappa shape index (κ3) is 8.29. The maximum Gasteiger partial charge on any atom is 0.416 e. The van der Waals surface area contributed by atoms with Crippen LogP contribution in [-0.2, 0) is 25.1 Å². The summed E-state index contributed by atoms with van der Waals surface area (Å²) < 4.78 is 69.2. The van der Waals surface area contributed by atoms with Crippen LogP contribution in [0.15, 0.2) is 49.1 Å². The standard InChI is InChI=1S/C29H39F3O6/c1-2-8-23-24(26(18-25(23)33)38-28-12-4-6-16-35-28)14-13-22(37-27-11-3-5-15-34-27)19-36-21-10-7-9-20(17-21)29(30,31)32/h2,7,9-10,13-14,17,22-28,33H,1,3-6,8,11-12,15-16,18-19H2/b14-13+/t22-,23-,24-,25+,26-,27?,28?/m1/s1. The number of hydrogen-bond donors (Lipinski definition) is 1. The summed E-state index contributed by atoms with van der Waals surface area (Å²) in [5.74, 6) is -0.0726. The zero-order chi connectivity index (χ0) is 27.0. The molecule has 4 rings (SSSR count). The Labute approximate surface area is 222 Å². The second kappa shape index (κ2) is 13.9. The van der Waals surface area contributed by atoms with E-state index in [-0.39, 0.29) is 36.6 Å². The predicted octanol–water partition coefficient (Wildman–Crippen LogP) is 6.04. The first kappa shape index (κ1) is 29.1. The Bertz CT molecular complexity index is 895. The summed E-state index contributed by atoms with van der Waals surface area (Å²) in [5, 5.41) is 10.8. The Morgan fingerprint density at radius 2 is 1.82 bits per heavy atom. The van der Waals surface area contributed by atoms with E-state index < -0.39 is 30.2 Å². The van der Waals surface area contributed by atoms with Crippen molar-refractivity contribution in [3.05, 3.63) is 54.6 Å². The fraction of sp³-hybridized carbons (Fsp3) is 0.655. The van der Waals surface area contributed by atoms with E-state index in [1.165, 1.54) is 12.1 Å². The molecule has 212 valence electrons. The summed E-state index contributed by atoms with van der Waals surface area (Å²) in [5.41, 5.74) is -0.768. The Morgan fingerprint density at radius 3 is 2.47 bits per heavy atom. The Balaban J connectivity index is 1.48. The van der Waals surface area contributed by atoms with Crippen molar-refractivity contribution in [3.8, 4) is 5.75 Å². The van der Waals surface area contributed by atoms with Crippen molar-refractivity contribution in [2.75, 3.05) is 19.8 Å². The monoisotopic (exact) mass is 540 g/mol. The molecule has 2 heterocycles. The lowest BCUT2D eigenvalue weighted by Gasteiger charge is -2.30. The summed E-state index contributed by atoms with van der Waals surface area (Å²) in [6.45, 7) is 5.13. The highest BCUT2D eigenvalue weighted by Crippen LogP contribution is 2.39. The second-order valence-electron chi connectivity index (χ2n) is 10.2. The SMILES string of the molecule is C=CC[C@@H]1[C@@H](/C=C/[C@H](COc2cccc(C(F)(F)F)c2)OC2CCCCO2)[C@H](OC2CCCCO2)C[C@@H]1O. The molecule has 0 amide bonds. The smallest absolute Gasteiger partial charge is 0.416 e. The van der Waals surface area contributed by atoms with Gasteiger partial charge in [0.1, 0.15) is 18.5 Å². The van der Waals surface area contributed by atoms with Crippen molar-refractivity contribution in [1.82, 2.24) is 0 Å². The Kier molecular flexibility index (Phi) is 10.7. The Hall–Kier alpha value is -1.91. The van der Waals surface area contributed by atoms with Gasteiger partial charge in [-0.3, -0.25) is 0 Å². The zero-order valence-corrected chi connectivity index (χ0v) is 21.7. The number of rotatable bonds is 11. The van der Waals surface area contributed by atoms with E-state index in [1.54, 1.807) is 6.08 Å². The van der Waals surface area contributed by atoms with E-state index >= 15 is 0 Å². The molecule has 0 aromatic heterocycles. The second-order valence-corrected chi connectivity index (χ2v) is 10.2. The minimum atomic E-state index is -4.45. The maximum atomic E-state index is 13.1. The van der Waals surface area contributed by atoms with Gasteiger partial charge in [-0.15, -0.1) is 6.58 Å². The molecule has 3 aliphatic rings. The lowest BCUT2D eigenvalue weighted by atomic mass is 9.90. The van der Waals surface area contributed by atoms with Crippen LogP contribution in [0, 0.1) is 11.8 Å². The number of hydrogen-bond acceptors (Lipinski definition) is 6. The quantitative estimate of drug-likeness (QED) is 0.346. The first-order chi connectivity index (χ1) is 18.3. The summed E-state index contributed by atoms with van der Waals surface area (Å²) >= 11 is 0. The topological polar surface area (TPSA) is 66.4 Å². The van der Waals surface area contributed by atoms with Crippen LogP contribution in [0.3, 0.4) is 0 Å². The average molecular weight is 541 g/mol. The highest BCUT2D eigenvalue weighted by molar-refractivity contribution is 5.30. The van der Waals surface area contributed by atoms with Gasteiger partial charge in [0.05, 0.1) is 17.8 Å². The van der Waals surface area contributed by atoms with Crippen molar-refractivity contribution in [2.45, 2.75) is 88.4 Å². The van der Waals surface area contributed by atoms with Gasteiger partial charge in [0.2, 0.25) is 0 Å². The lowest BCUT2D eigenvalue weighted by molar-refractivity contribution is -0.193. The minimum Gasteiger partial charge on any atom is -0.491 e. The molecule has 2 unspecified atom stereocenters. The van der Waals surface area contributed by atoms with Crippen molar-refractivity contribution in [2.24, 2.45) is 11.8 Å². The summed E-state index contributed by atoms with van der Waals surface area (Å²) in [6.07, 6.45) is 5.83. The number of alkyl halides is 3. The van der Waals surface area contributed by atoms with E-state index in [0.29, 0.717) is 26.1 Å².